The van der Waals surface area contributed by atoms with E-state index < -0.39 is 0 Å². The highest BCUT2D eigenvalue weighted by Gasteiger charge is 2.23. The van der Waals surface area contributed by atoms with Gasteiger partial charge < -0.3 is 11.1 Å². The summed E-state index contributed by atoms with van der Waals surface area (Å²) >= 11 is 0. The minimum atomic E-state index is 0. The zero-order valence-corrected chi connectivity index (χ0v) is 15.0. The minimum Gasteiger partial charge on any atom is -0.324 e. The largest absolute Gasteiger partial charge is 0.324 e. The van der Waals surface area contributed by atoms with Gasteiger partial charge in [0.15, 0.2) is 0 Å². The van der Waals surface area contributed by atoms with Crippen molar-refractivity contribution in [1.82, 2.24) is 5.32 Å². The Morgan fingerprint density at radius 3 is 2.12 bits per heavy atom. The molecule has 0 amide bonds. The summed E-state index contributed by atoms with van der Waals surface area (Å²) in [5.74, 6) is 0.574. The molecule has 0 unspecified atom stereocenters. The monoisotopic (exact) mass is 350 g/mol. The first-order valence-corrected chi connectivity index (χ1v) is 8.96. The van der Waals surface area contributed by atoms with E-state index in [1.165, 1.54) is 50.7 Å². The van der Waals surface area contributed by atoms with Gasteiger partial charge in [0, 0.05) is 6.04 Å². The van der Waals surface area contributed by atoms with E-state index in [9.17, 15) is 0 Å². The van der Waals surface area contributed by atoms with Crippen LogP contribution in [0, 0.1) is 5.92 Å². The Balaban J connectivity index is 0.00000157. The standard InChI is InChI=1S/C22H22N2.ClH/c23-22(17-10-12-24-13-11-17)19-9-7-16-5-4-14-2-1-3-15-6-8-18(19)21(16)20(14)15;/h1-9,17,22,24H,10-13,23H2;1H/t22-;/m1./s1. The Morgan fingerprint density at radius 1 is 0.800 bits per heavy atom. The molecule has 1 fully saturated rings. The average Bonchev–Trinajstić information content (AvgIpc) is 2.66. The first-order valence-electron chi connectivity index (χ1n) is 8.96. The molecular weight excluding hydrogens is 328 g/mol. The lowest BCUT2D eigenvalue weighted by Gasteiger charge is -2.29. The Morgan fingerprint density at radius 2 is 1.40 bits per heavy atom. The third-order valence-corrected chi connectivity index (χ3v) is 5.81. The molecule has 5 rings (SSSR count). The summed E-state index contributed by atoms with van der Waals surface area (Å²) in [6.07, 6.45) is 2.34. The fourth-order valence-electron chi connectivity index (χ4n) is 4.51. The molecule has 1 saturated heterocycles. The molecule has 128 valence electrons. The maximum Gasteiger partial charge on any atom is 0.0330 e. The summed E-state index contributed by atoms with van der Waals surface area (Å²) in [6.45, 7) is 2.17. The molecule has 0 bridgehead atoms. The van der Waals surface area contributed by atoms with Crippen LogP contribution in [0.2, 0.25) is 0 Å². The summed E-state index contributed by atoms with van der Waals surface area (Å²) in [5, 5.41) is 11.5. The quantitative estimate of drug-likeness (QED) is 0.499. The van der Waals surface area contributed by atoms with Crippen molar-refractivity contribution in [2.24, 2.45) is 11.7 Å². The Labute approximate surface area is 154 Å². The van der Waals surface area contributed by atoms with E-state index >= 15 is 0 Å². The molecule has 0 saturated carbocycles. The summed E-state index contributed by atoms with van der Waals surface area (Å²) < 4.78 is 0. The minimum absolute atomic E-state index is 0. The van der Waals surface area contributed by atoms with E-state index in [1.807, 2.05) is 0 Å². The maximum absolute atomic E-state index is 6.74. The van der Waals surface area contributed by atoms with Crippen molar-refractivity contribution in [2.75, 3.05) is 13.1 Å². The van der Waals surface area contributed by atoms with Gasteiger partial charge in [-0.15, -0.1) is 12.4 Å². The van der Waals surface area contributed by atoms with Gasteiger partial charge in [0.1, 0.15) is 0 Å². The van der Waals surface area contributed by atoms with Gasteiger partial charge in [-0.2, -0.15) is 0 Å². The second kappa shape index (κ2) is 6.45. The SMILES string of the molecule is Cl.N[C@@H](c1ccc2ccc3cccc4ccc1c2c34)C1CCNCC1. The smallest absolute Gasteiger partial charge is 0.0330 e. The normalized spacial score (nSPS) is 17.2. The summed E-state index contributed by atoms with van der Waals surface area (Å²) in [5.41, 5.74) is 8.05. The topological polar surface area (TPSA) is 38.0 Å². The van der Waals surface area contributed by atoms with Gasteiger partial charge in [0.25, 0.3) is 0 Å². The van der Waals surface area contributed by atoms with E-state index in [-0.39, 0.29) is 18.4 Å². The van der Waals surface area contributed by atoms with Crippen LogP contribution in [0.4, 0.5) is 0 Å². The average molecular weight is 351 g/mol. The highest BCUT2D eigenvalue weighted by molar-refractivity contribution is 6.23. The second-order valence-electron chi connectivity index (χ2n) is 7.12. The molecule has 3 heteroatoms. The number of halogens is 1. The molecule has 25 heavy (non-hydrogen) atoms. The van der Waals surface area contributed by atoms with Crippen LogP contribution in [0.5, 0.6) is 0 Å². The van der Waals surface area contributed by atoms with Crippen molar-refractivity contribution in [2.45, 2.75) is 18.9 Å². The molecule has 1 aliphatic heterocycles. The van der Waals surface area contributed by atoms with Crippen LogP contribution in [0.15, 0.2) is 54.6 Å². The molecule has 1 atom stereocenters. The molecule has 0 radical (unpaired) electrons. The fourth-order valence-corrected chi connectivity index (χ4v) is 4.51. The number of nitrogens with two attached hydrogens (primary N) is 1. The first-order chi connectivity index (χ1) is 11.8. The molecule has 0 aromatic heterocycles. The van der Waals surface area contributed by atoms with Crippen molar-refractivity contribution >= 4 is 44.7 Å². The number of nitrogens with one attached hydrogen (secondary N) is 1. The summed E-state index contributed by atoms with van der Waals surface area (Å²) in [7, 11) is 0. The van der Waals surface area contributed by atoms with Crippen molar-refractivity contribution in [3.8, 4) is 0 Å². The van der Waals surface area contributed by atoms with Crippen LogP contribution < -0.4 is 11.1 Å². The van der Waals surface area contributed by atoms with Crippen molar-refractivity contribution in [1.29, 1.82) is 0 Å². The molecule has 1 heterocycles. The Kier molecular flexibility index (Phi) is 4.28. The van der Waals surface area contributed by atoms with Crippen LogP contribution >= 0.6 is 12.4 Å². The molecular formula is C22H23ClN2. The molecule has 3 N–H and O–H groups in total. The number of hydrogen-bond donors (Lipinski definition) is 2. The van der Waals surface area contributed by atoms with Gasteiger partial charge in [-0.05, 0) is 69.7 Å². The Hall–Kier alpha value is -1.87. The van der Waals surface area contributed by atoms with Crippen LogP contribution in [-0.4, -0.2) is 13.1 Å². The second-order valence-corrected chi connectivity index (χ2v) is 7.12. The van der Waals surface area contributed by atoms with Gasteiger partial charge in [0.2, 0.25) is 0 Å². The summed E-state index contributed by atoms with van der Waals surface area (Å²) in [6, 6.07) is 20.2. The third kappa shape index (κ3) is 2.56. The molecule has 1 aliphatic rings. The number of piperidine rings is 1. The predicted molar refractivity (Wildman–Crippen MR) is 110 cm³/mol. The summed E-state index contributed by atoms with van der Waals surface area (Å²) in [4.78, 5) is 0. The fraction of sp³-hybridized carbons (Fsp3) is 0.273. The predicted octanol–water partition coefficient (Wildman–Crippen LogP) is 5.01. The van der Waals surface area contributed by atoms with Crippen LogP contribution in [0.3, 0.4) is 0 Å². The highest BCUT2D eigenvalue weighted by Crippen LogP contribution is 2.39. The van der Waals surface area contributed by atoms with Crippen LogP contribution in [0.25, 0.3) is 32.3 Å². The van der Waals surface area contributed by atoms with Crippen molar-refractivity contribution < 1.29 is 0 Å². The van der Waals surface area contributed by atoms with E-state index in [4.69, 9.17) is 5.73 Å². The zero-order chi connectivity index (χ0) is 16.1. The molecule has 0 spiro atoms. The number of hydrogen-bond acceptors (Lipinski definition) is 2. The van der Waals surface area contributed by atoms with Crippen molar-refractivity contribution in [3.05, 3.63) is 60.2 Å². The van der Waals surface area contributed by atoms with Crippen LogP contribution in [-0.2, 0) is 0 Å². The number of benzene rings is 4. The molecule has 4 aromatic rings. The lowest BCUT2D eigenvalue weighted by atomic mass is 9.83. The third-order valence-electron chi connectivity index (χ3n) is 5.81. The molecule has 0 aliphatic carbocycles. The lowest BCUT2D eigenvalue weighted by Crippen LogP contribution is -2.33. The van der Waals surface area contributed by atoms with E-state index in [2.05, 4.69) is 59.9 Å². The van der Waals surface area contributed by atoms with Crippen molar-refractivity contribution in [3.63, 3.8) is 0 Å². The molecule has 4 aromatic carbocycles. The van der Waals surface area contributed by atoms with E-state index in [0.29, 0.717) is 5.92 Å². The lowest BCUT2D eigenvalue weighted by molar-refractivity contribution is 0.323. The maximum atomic E-state index is 6.74. The molecule has 2 nitrogen and oxygen atoms in total. The van der Waals surface area contributed by atoms with Gasteiger partial charge in [-0.1, -0.05) is 54.6 Å². The van der Waals surface area contributed by atoms with E-state index in [1.54, 1.807) is 0 Å². The van der Waals surface area contributed by atoms with Crippen LogP contribution in [0.1, 0.15) is 24.4 Å². The first kappa shape index (κ1) is 16.6. The van der Waals surface area contributed by atoms with E-state index in [0.717, 1.165) is 13.1 Å². The highest BCUT2D eigenvalue weighted by atomic mass is 35.5. The van der Waals surface area contributed by atoms with Gasteiger partial charge in [-0.25, -0.2) is 0 Å². The zero-order valence-electron chi connectivity index (χ0n) is 14.2. The number of rotatable bonds is 2. The van der Waals surface area contributed by atoms with Gasteiger partial charge in [0.05, 0.1) is 0 Å². The Bertz CT molecular complexity index is 1000. The van der Waals surface area contributed by atoms with Gasteiger partial charge >= 0.3 is 0 Å². The van der Waals surface area contributed by atoms with Gasteiger partial charge in [-0.3, -0.25) is 0 Å².